The van der Waals surface area contributed by atoms with Gasteiger partial charge in [-0.2, -0.15) is 0 Å². The summed E-state index contributed by atoms with van der Waals surface area (Å²) in [5.41, 5.74) is 0.301. The third kappa shape index (κ3) is 3.42. The summed E-state index contributed by atoms with van der Waals surface area (Å²) >= 11 is 0. The number of nitrogens with one attached hydrogen (secondary N) is 2. The van der Waals surface area contributed by atoms with Crippen LogP contribution in [-0.2, 0) is 14.8 Å². The topological polar surface area (TPSA) is 101 Å². The number of piperidine rings is 1. The molecule has 1 atom stereocenters. The quantitative estimate of drug-likeness (QED) is 0.778. The molecule has 1 amide bonds. The molecular weight excluding hydrogens is 290 g/mol. The van der Waals surface area contributed by atoms with Gasteiger partial charge in [-0.1, -0.05) is 6.07 Å². The highest BCUT2D eigenvalue weighted by atomic mass is 32.2. The first kappa shape index (κ1) is 15.9. The van der Waals surface area contributed by atoms with Gasteiger partial charge in [0.1, 0.15) is 0 Å². The molecule has 21 heavy (non-hydrogen) atoms. The standard InChI is InChI=1S/C14H21N3O3S/c1-10-11(6-5-7-12(10)21(15,19)20)17-13(18)14(2)8-3-4-9-16-14/h5-7,16H,3-4,8-9H2,1-2H3,(H,17,18)(H2,15,19,20). The minimum absolute atomic E-state index is 0.0297. The fourth-order valence-corrected chi connectivity index (χ4v) is 3.37. The number of sulfonamides is 1. The van der Waals surface area contributed by atoms with E-state index in [4.69, 9.17) is 5.14 Å². The van der Waals surface area contributed by atoms with Crippen LogP contribution in [0.25, 0.3) is 0 Å². The zero-order valence-corrected chi connectivity index (χ0v) is 13.1. The van der Waals surface area contributed by atoms with E-state index in [-0.39, 0.29) is 10.8 Å². The molecule has 1 aromatic carbocycles. The van der Waals surface area contributed by atoms with E-state index in [1.165, 1.54) is 6.07 Å². The van der Waals surface area contributed by atoms with Gasteiger partial charge in [-0.25, -0.2) is 13.6 Å². The zero-order valence-electron chi connectivity index (χ0n) is 12.3. The van der Waals surface area contributed by atoms with Gasteiger partial charge in [0.2, 0.25) is 15.9 Å². The minimum atomic E-state index is -3.80. The van der Waals surface area contributed by atoms with Gasteiger partial charge < -0.3 is 10.6 Å². The summed E-state index contributed by atoms with van der Waals surface area (Å²) in [6, 6.07) is 4.67. The maximum Gasteiger partial charge on any atom is 0.244 e. The van der Waals surface area contributed by atoms with Crippen molar-refractivity contribution in [3.63, 3.8) is 0 Å². The second-order valence-corrected chi connectivity index (χ2v) is 7.17. The fourth-order valence-electron chi connectivity index (χ4n) is 2.57. The summed E-state index contributed by atoms with van der Waals surface area (Å²) in [4.78, 5) is 12.5. The molecule has 0 aliphatic carbocycles. The first-order chi connectivity index (χ1) is 9.74. The Labute approximate surface area is 125 Å². The van der Waals surface area contributed by atoms with Crippen molar-refractivity contribution in [2.75, 3.05) is 11.9 Å². The number of benzene rings is 1. The van der Waals surface area contributed by atoms with E-state index in [0.29, 0.717) is 11.3 Å². The highest BCUT2D eigenvalue weighted by Gasteiger charge is 2.34. The van der Waals surface area contributed by atoms with Crippen molar-refractivity contribution in [3.05, 3.63) is 23.8 Å². The first-order valence-corrected chi connectivity index (χ1v) is 8.47. The molecule has 1 fully saturated rings. The predicted molar refractivity (Wildman–Crippen MR) is 81.4 cm³/mol. The lowest BCUT2D eigenvalue weighted by Crippen LogP contribution is -2.54. The maximum absolute atomic E-state index is 12.4. The molecule has 0 radical (unpaired) electrons. The SMILES string of the molecule is Cc1c(NC(=O)C2(C)CCCCN2)cccc1S(N)(=O)=O. The van der Waals surface area contributed by atoms with Crippen molar-refractivity contribution in [2.24, 2.45) is 5.14 Å². The Morgan fingerprint density at radius 2 is 2.10 bits per heavy atom. The number of primary sulfonamides is 1. The molecule has 6 nitrogen and oxygen atoms in total. The molecule has 4 N–H and O–H groups in total. The van der Waals surface area contributed by atoms with Crippen LogP contribution < -0.4 is 15.8 Å². The normalized spacial score (nSPS) is 22.8. The Kier molecular flexibility index (Phi) is 4.36. The molecule has 116 valence electrons. The molecule has 0 bridgehead atoms. The second-order valence-electron chi connectivity index (χ2n) is 5.64. The number of anilines is 1. The van der Waals surface area contributed by atoms with E-state index in [1.54, 1.807) is 19.1 Å². The summed E-state index contributed by atoms with van der Waals surface area (Å²) in [5, 5.41) is 11.2. The van der Waals surface area contributed by atoms with E-state index >= 15 is 0 Å². The molecule has 1 unspecified atom stereocenters. The van der Waals surface area contributed by atoms with Crippen LogP contribution in [0.5, 0.6) is 0 Å². The van der Waals surface area contributed by atoms with Crippen molar-refractivity contribution >= 4 is 21.6 Å². The fraction of sp³-hybridized carbons (Fsp3) is 0.500. The summed E-state index contributed by atoms with van der Waals surface area (Å²) in [5.74, 6) is -0.156. The lowest BCUT2D eigenvalue weighted by Gasteiger charge is -2.33. The summed E-state index contributed by atoms with van der Waals surface area (Å²) in [7, 11) is -3.80. The maximum atomic E-state index is 12.4. The Morgan fingerprint density at radius 3 is 2.67 bits per heavy atom. The van der Waals surface area contributed by atoms with Gasteiger partial charge in [0, 0.05) is 5.69 Å². The molecule has 0 saturated carbocycles. The average Bonchev–Trinajstić information content (AvgIpc) is 2.40. The van der Waals surface area contributed by atoms with Gasteiger partial charge in [-0.05, 0) is 57.4 Å². The number of carbonyl (C=O) groups excluding carboxylic acids is 1. The number of hydrogen-bond donors (Lipinski definition) is 3. The smallest absolute Gasteiger partial charge is 0.244 e. The molecule has 2 rings (SSSR count). The van der Waals surface area contributed by atoms with Gasteiger partial charge in [0.25, 0.3) is 0 Å². The Bertz CT molecular complexity index is 649. The highest BCUT2D eigenvalue weighted by molar-refractivity contribution is 7.89. The number of nitrogens with two attached hydrogens (primary N) is 1. The molecule has 7 heteroatoms. The van der Waals surface area contributed by atoms with Crippen LogP contribution in [0, 0.1) is 6.92 Å². The summed E-state index contributed by atoms with van der Waals surface area (Å²) in [6.07, 6.45) is 2.81. The Hall–Kier alpha value is -1.44. The number of carbonyl (C=O) groups is 1. The van der Waals surface area contributed by atoms with Crippen LogP contribution in [0.15, 0.2) is 23.1 Å². The molecule has 0 aromatic heterocycles. The molecule has 1 aromatic rings. The average molecular weight is 311 g/mol. The largest absolute Gasteiger partial charge is 0.324 e. The molecule has 1 heterocycles. The van der Waals surface area contributed by atoms with E-state index in [2.05, 4.69) is 10.6 Å². The number of amides is 1. The Morgan fingerprint density at radius 1 is 1.38 bits per heavy atom. The van der Waals surface area contributed by atoms with E-state index in [9.17, 15) is 13.2 Å². The third-order valence-corrected chi connectivity index (χ3v) is 5.01. The van der Waals surface area contributed by atoms with Crippen LogP contribution in [-0.4, -0.2) is 26.4 Å². The monoisotopic (exact) mass is 311 g/mol. The van der Waals surface area contributed by atoms with Crippen molar-refractivity contribution in [1.29, 1.82) is 0 Å². The van der Waals surface area contributed by atoms with Gasteiger partial charge in [-0.3, -0.25) is 4.79 Å². The van der Waals surface area contributed by atoms with Crippen molar-refractivity contribution < 1.29 is 13.2 Å². The van der Waals surface area contributed by atoms with Gasteiger partial charge >= 0.3 is 0 Å². The van der Waals surface area contributed by atoms with E-state index < -0.39 is 15.6 Å². The Balaban J connectivity index is 2.26. The molecule has 1 aliphatic rings. The van der Waals surface area contributed by atoms with Gasteiger partial charge in [0.15, 0.2) is 0 Å². The van der Waals surface area contributed by atoms with Crippen LogP contribution in [0.2, 0.25) is 0 Å². The molecule has 0 spiro atoms. The third-order valence-electron chi connectivity index (χ3n) is 3.96. The van der Waals surface area contributed by atoms with Crippen LogP contribution >= 0.6 is 0 Å². The zero-order chi connectivity index (χ0) is 15.7. The van der Waals surface area contributed by atoms with Crippen molar-refractivity contribution in [2.45, 2.75) is 43.5 Å². The first-order valence-electron chi connectivity index (χ1n) is 6.93. The predicted octanol–water partition coefficient (Wildman–Crippen LogP) is 1.11. The second kappa shape index (κ2) is 5.75. The van der Waals surface area contributed by atoms with Gasteiger partial charge in [0.05, 0.1) is 10.4 Å². The molecule has 1 aliphatic heterocycles. The lowest BCUT2D eigenvalue weighted by molar-refractivity contribution is -0.122. The highest BCUT2D eigenvalue weighted by Crippen LogP contribution is 2.25. The van der Waals surface area contributed by atoms with Crippen LogP contribution in [0.1, 0.15) is 31.7 Å². The van der Waals surface area contributed by atoms with Crippen molar-refractivity contribution in [1.82, 2.24) is 5.32 Å². The van der Waals surface area contributed by atoms with Crippen molar-refractivity contribution in [3.8, 4) is 0 Å². The summed E-state index contributed by atoms with van der Waals surface area (Å²) in [6.45, 7) is 4.30. The molecular formula is C14H21N3O3S. The van der Waals surface area contributed by atoms with E-state index in [1.807, 2.05) is 6.92 Å². The molecule has 1 saturated heterocycles. The number of hydrogen-bond acceptors (Lipinski definition) is 4. The van der Waals surface area contributed by atoms with Crippen LogP contribution in [0.4, 0.5) is 5.69 Å². The van der Waals surface area contributed by atoms with Gasteiger partial charge in [-0.15, -0.1) is 0 Å². The minimum Gasteiger partial charge on any atom is -0.324 e. The summed E-state index contributed by atoms with van der Waals surface area (Å²) < 4.78 is 23.0. The lowest BCUT2D eigenvalue weighted by atomic mass is 9.90. The number of rotatable bonds is 3. The van der Waals surface area contributed by atoms with E-state index in [0.717, 1.165) is 25.8 Å². The van der Waals surface area contributed by atoms with Crippen LogP contribution in [0.3, 0.4) is 0 Å².